The summed E-state index contributed by atoms with van der Waals surface area (Å²) in [5.41, 5.74) is 4.00. The van der Waals surface area contributed by atoms with Gasteiger partial charge in [0.05, 0.1) is 10.5 Å². The Balaban J connectivity index is 3.29. The predicted molar refractivity (Wildman–Crippen MR) is 53.7 cm³/mol. The topological polar surface area (TPSA) is 110 Å². The molecule has 0 saturated carbocycles. The maximum atomic E-state index is 13.1. The Kier molecular flexibility index (Phi) is 3.59. The highest BCUT2D eigenvalue weighted by Crippen LogP contribution is 2.35. The number of aromatic hydroxyl groups is 1. The van der Waals surface area contributed by atoms with Gasteiger partial charge in [-0.1, -0.05) is 0 Å². The lowest BCUT2D eigenvalue weighted by molar-refractivity contribution is -0.386. The number of nitrogens with two attached hydrogens (primary N) is 1. The van der Waals surface area contributed by atoms with Crippen LogP contribution in [0.4, 0.5) is 14.5 Å². The summed E-state index contributed by atoms with van der Waals surface area (Å²) in [7, 11) is 0. The number of alkyl halides is 2. The third-order valence-corrected chi connectivity index (χ3v) is 2.21. The van der Waals surface area contributed by atoms with Gasteiger partial charge >= 0.3 is 0 Å². The van der Waals surface area contributed by atoms with E-state index >= 15 is 0 Å². The maximum Gasteiger partial charge on any atom is 0.289 e. The third-order valence-electron chi connectivity index (χ3n) is 2.21. The first-order valence-corrected chi connectivity index (χ1v) is 4.51. The molecule has 0 aliphatic carbocycles. The summed E-state index contributed by atoms with van der Waals surface area (Å²) in [6.45, 7) is -1.54. The fourth-order valence-electron chi connectivity index (χ4n) is 1.28. The van der Waals surface area contributed by atoms with Crippen LogP contribution in [-0.4, -0.2) is 27.7 Å². The van der Waals surface area contributed by atoms with Gasteiger partial charge in [-0.15, -0.1) is 0 Å². The van der Waals surface area contributed by atoms with Gasteiger partial charge in [-0.2, -0.15) is 0 Å². The molecule has 1 rings (SSSR count). The predicted octanol–water partition coefficient (Wildman–Crippen LogP) is 0.928. The van der Waals surface area contributed by atoms with Crippen LogP contribution in [0.1, 0.15) is 11.6 Å². The van der Waals surface area contributed by atoms with Crippen molar-refractivity contribution < 1.29 is 23.9 Å². The zero-order valence-electron chi connectivity index (χ0n) is 8.51. The van der Waals surface area contributed by atoms with Crippen molar-refractivity contribution in [1.82, 2.24) is 0 Å². The van der Waals surface area contributed by atoms with Crippen molar-refractivity contribution in [3.05, 3.63) is 33.9 Å². The van der Waals surface area contributed by atoms with E-state index in [1.807, 2.05) is 0 Å². The zero-order valence-corrected chi connectivity index (χ0v) is 8.51. The van der Waals surface area contributed by atoms with Gasteiger partial charge in [-0.05, 0) is 12.1 Å². The Hall–Kier alpha value is -1.80. The van der Waals surface area contributed by atoms with E-state index < -0.39 is 40.5 Å². The van der Waals surface area contributed by atoms with Gasteiger partial charge in [0.1, 0.15) is 18.4 Å². The third kappa shape index (κ3) is 2.66. The van der Waals surface area contributed by atoms with Crippen molar-refractivity contribution >= 4 is 5.69 Å². The first-order chi connectivity index (χ1) is 7.79. The Bertz CT molecular complexity index is 439. The van der Waals surface area contributed by atoms with Crippen molar-refractivity contribution in [3.8, 4) is 5.75 Å². The summed E-state index contributed by atoms with van der Waals surface area (Å²) in [5, 5.41) is 28.2. The minimum absolute atomic E-state index is 0.421. The summed E-state index contributed by atoms with van der Waals surface area (Å²) < 4.78 is 26.3. The Labute approximate surface area is 94.4 Å². The molecule has 6 nitrogen and oxygen atoms in total. The van der Waals surface area contributed by atoms with E-state index in [1.165, 1.54) is 0 Å². The van der Waals surface area contributed by atoms with Gasteiger partial charge in [0.25, 0.3) is 11.6 Å². The maximum absolute atomic E-state index is 13.1. The average Bonchev–Trinajstić information content (AvgIpc) is 2.27. The number of aliphatic hydroxyl groups excluding tert-OH is 1. The number of halogens is 2. The van der Waals surface area contributed by atoms with Gasteiger partial charge in [-0.3, -0.25) is 10.1 Å². The number of aliphatic hydroxyl groups is 1. The molecule has 1 aromatic carbocycles. The molecule has 0 aromatic heterocycles. The van der Waals surface area contributed by atoms with Crippen LogP contribution in [0.25, 0.3) is 0 Å². The van der Waals surface area contributed by atoms with E-state index in [4.69, 9.17) is 15.9 Å². The second-order valence-electron chi connectivity index (χ2n) is 3.40. The number of nitro groups is 1. The highest BCUT2D eigenvalue weighted by molar-refractivity contribution is 5.47. The minimum Gasteiger partial charge on any atom is -0.508 e. The van der Waals surface area contributed by atoms with Gasteiger partial charge in [0, 0.05) is 6.07 Å². The Morgan fingerprint density at radius 3 is 2.59 bits per heavy atom. The molecule has 4 N–H and O–H groups in total. The Morgan fingerprint density at radius 1 is 1.53 bits per heavy atom. The second-order valence-corrected chi connectivity index (χ2v) is 3.40. The molecule has 0 fully saturated rings. The summed E-state index contributed by atoms with van der Waals surface area (Å²) >= 11 is 0. The second kappa shape index (κ2) is 4.60. The highest BCUT2D eigenvalue weighted by Gasteiger charge is 2.40. The largest absolute Gasteiger partial charge is 0.508 e. The number of hydrogen-bond acceptors (Lipinski definition) is 5. The summed E-state index contributed by atoms with van der Waals surface area (Å²) in [6, 6.07) is 0.579. The summed E-state index contributed by atoms with van der Waals surface area (Å²) in [6.07, 6.45) is 0. The zero-order chi connectivity index (χ0) is 13.2. The van der Waals surface area contributed by atoms with Crippen molar-refractivity contribution in [1.29, 1.82) is 0 Å². The monoisotopic (exact) mass is 248 g/mol. The molecule has 0 aliphatic heterocycles. The Morgan fingerprint density at radius 2 is 2.12 bits per heavy atom. The van der Waals surface area contributed by atoms with Crippen LogP contribution in [-0.2, 0) is 0 Å². The smallest absolute Gasteiger partial charge is 0.289 e. The van der Waals surface area contributed by atoms with Gasteiger partial charge in [0.15, 0.2) is 0 Å². The molecule has 94 valence electrons. The standard InChI is InChI=1S/C9H10F2N2O4/c10-9(11,4-14)8(12)6-3-5(15)1-2-7(6)13(16)17/h1-3,8,14-15H,4,12H2/t8-/m0/s1. The molecule has 1 atom stereocenters. The first kappa shape index (κ1) is 13.3. The average molecular weight is 248 g/mol. The fourth-order valence-corrected chi connectivity index (χ4v) is 1.28. The summed E-state index contributed by atoms with van der Waals surface area (Å²) in [4.78, 5) is 9.73. The van der Waals surface area contributed by atoms with Gasteiger partial charge in [0.2, 0.25) is 0 Å². The SMILES string of the molecule is N[C@@H](c1cc(O)ccc1[N+](=O)[O-])C(F)(F)CO. The van der Waals surface area contributed by atoms with Crippen LogP contribution in [0.2, 0.25) is 0 Å². The number of nitrogens with zero attached hydrogens (tertiary/aromatic N) is 1. The molecular formula is C9H10F2N2O4. The molecule has 17 heavy (non-hydrogen) atoms. The highest BCUT2D eigenvalue weighted by atomic mass is 19.3. The van der Waals surface area contributed by atoms with E-state index in [2.05, 4.69) is 0 Å². The van der Waals surface area contributed by atoms with Gasteiger partial charge in [-0.25, -0.2) is 8.78 Å². The quantitative estimate of drug-likeness (QED) is 0.542. The van der Waals surface area contributed by atoms with Crippen LogP contribution in [0.3, 0.4) is 0 Å². The number of benzene rings is 1. The molecule has 1 aromatic rings. The lowest BCUT2D eigenvalue weighted by Gasteiger charge is -2.21. The molecular weight excluding hydrogens is 238 g/mol. The van der Waals surface area contributed by atoms with Crippen LogP contribution < -0.4 is 5.73 Å². The molecule has 0 saturated heterocycles. The molecule has 0 bridgehead atoms. The molecule has 0 amide bonds. The van der Waals surface area contributed by atoms with Crippen LogP contribution in [0.15, 0.2) is 18.2 Å². The molecule has 0 spiro atoms. The first-order valence-electron chi connectivity index (χ1n) is 4.51. The van der Waals surface area contributed by atoms with Gasteiger partial charge < -0.3 is 15.9 Å². The number of hydrogen-bond donors (Lipinski definition) is 3. The van der Waals surface area contributed by atoms with Crippen molar-refractivity contribution in [2.24, 2.45) is 5.73 Å². The van der Waals surface area contributed by atoms with Crippen molar-refractivity contribution in [2.45, 2.75) is 12.0 Å². The van der Waals surface area contributed by atoms with E-state index in [-0.39, 0.29) is 0 Å². The van der Waals surface area contributed by atoms with E-state index in [1.54, 1.807) is 0 Å². The number of nitro benzene ring substituents is 1. The molecule has 8 heteroatoms. The lowest BCUT2D eigenvalue weighted by Crippen LogP contribution is -2.36. The normalized spacial score (nSPS) is 13.4. The summed E-state index contributed by atoms with van der Waals surface area (Å²) in [5.74, 6) is -4.13. The van der Waals surface area contributed by atoms with Crippen molar-refractivity contribution in [3.63, 3.8) is 0 Å². The van der Waals surface area contributed by atoms with Crippen LogP contribution in [0, 0.1) is 10.1 Å². The van der Waals surface area contributed by atoms with Crippen LogP contribution in [0.5, 0.6) is 5.75 Å². The molecule has 0 radical (unpaired) electrons. The molecule has 0 heterocycles. The van der Waals surface area contributed by atoms with E-state index in [9.17, 15) is 18.9 Å². The molecule has 0 unspecified atom stereocenters. The van der Waals surface area contributed by atoms with E-state index in [0.717, 1.165) is 18.2 Å². The number of phenols is 1. The number of rotatable bonds is 4. The molecule has 0 aliphatic rings. The number of phenolic OH excluding ortho intramolecular Hbond substituents is 1. The minimum atomic E-state index is -3.71. The lowest BCUT2D eigenvalue weighted by atomic mass is 10.00. The van der Waals surface area contributed by atoms with Crippen LogP contribution >= 0.6 is 0 Å². The van der Waals surface area contributed by atoms with E-state index in [0.29, 0.717) is 0 Å². The van der Waals surface area contributed by atoms with Crippen molar-refractivity contribution in [2.75, 3.05) is 6.61 Å². The fraction of sp³-hybridized carbons (Fsp3) is 0.333.